The second-order valence-corrected chi connectivity index (χ2v) is 15.9. The molecule has 0 fully saturated rings. The van der Waals surface area contributed by atoms with Crippen LogP contribution in [0.3, 0.4) is 0 Å². The van der Waals surface area contributed by atoms with Crippen LogP contribution in [0.4, 0.5) is 0 Å². The Bertz CT molecular complexity index is 3400. The van der Waals surface area contributed by atoms with Gasteiger partial charge in [0, 0.05) is 27.5 Å². The Kier molecular flexibility index (Phi) is 8.90. The monoisotopic (exact) mass is 797 g/mol. The van der Waals surface area contributed by atoms with Gasteiger partial charge < -0.3 is 4.42 Å². The van der Waals surface area contributed by atoms with E-state index in [9.17, 15) is 0 Å². The minimum Gasteiger partial charge on any atom is -0.456 e. The third-order valence-electron chi connectivity index (χ3n) is 12.7. The minimum absolute atomic E-state index is 0.520. The zero-order valence-corrected chi connectivity index (χ0v) is 35.0. The molecule has 4 heteroatoms. The number of rotatable bonds is 7. The molecule has 0 saturated heterocycles. The molecule has 1 spiro atoms. The Morgan fingerprint density at radius 2 is 1.16 bits per heavy atom. The molecular weight excluding hydrogens is 755 g/mol. The average Bonchev–Trinajstić information content (AvgIpc) is 3.95. The van der Waals surface area contributed by atoms with Gasteiger partial charge in [-0.1, -0.05) is 177 Å². The van der Waals surface area contributed by atoms with Crippen LogP contribution in [-0.4, -0.2) is 15.0 Å². The number of furan rings is 1. The molecule has 2 aliphatic carbocycles. The van der Waals surface area contributed by atoms with Crippen molar-refractivity contribution in [3.05, 3.63) is 222 Å². The first kappa shape index (κ1) is 37.3. The van der Waals surface area contributed by atoms with Crippen LogP contribution in [-0.2, 0) is 5.41 Å². The van der Waals surface area contributed by atoms with Gasteiger partial charge in [-0.3, -0.25) is 0 Å². The van der Waals surface area contributed by atoms with E-state index in [1.165, 1.54) is 50.1 Å². The first-order chi connectivity index (χ1) is 30.6. The van der Waals surface area contributed by atoms with Gasteiger partial charge in [-0.05, 0) is 105 Å². The highest BCUT2D eigenvalue weighted by molar-refractivity contribution is 6.12. The molecule has 0 aliphatic heterocycles. The third-order valence-corrected chi connectivity index (χ3v) is 12.7. The fourth-order valence-electron chi connectivity index (χ4n) is 10.4. The molecule has 11 rings (SSSR count). The van der Waals surface area contributed by atoms with Gasteiger partial charge in [-0.2, -0.15) is 0 Å². The fraction of sp³-hybridized carbons (Fsp3) is 0.0862. The summed E-state index contributed by atoms with van der Waals surface area (Å²) in [5.74, 6) is 1.85. The summed E-state index contributed by atoms with van der Waals surface area (Å²) in [5.41, 5.74) is 16.4. The van der Waals surface area contributed by atoms with Crippen LogP contribution < -0.4 is 0 Å². The van der Waals surface area contributed by atoms with E-state index in [1.807, 2.05) is 49.4 Å². The molecule has 4 nitrogen and oxygen atoms in total. The zero-order valence-electron chi connectivity index (χ0n) is 35.0. The zero-order chi connectivity index (χ0) is 42.0. The Hall–Kier alpha value is -7.69. The summed E-state index contributed by atoms with van der Waals surface area (Å²) in [6.45, 7) is 10.5. The van der Waals surface area contributed by atoms with Crippen LogP contribution in [0.5, 0.6) is 0 Å². The number of hydrogen-bond acceptors (Lipinski definition) is 4. The smallest absolute Gasteiger partial charge is 0.164 e. The van der Waals surface area contributed by atoms with E-state index in [2.05, 4.69) is 160 Å². The van der Waals surface area contributed by atoms with Crippen molar-refractivity contribution in [3.63, 3.8) is 0 Å². The molecule has 0 amide bonds. The van der Waals surface area contributed by atoms with Gasteiger partial charge in [0.25, 0.3) is 0 Å². The number of para-hydroxylation sites is 1. The van der Waals surface area contributed by atoms with Gasteiger partial charge in [-0.15, -0.1) is 0 Å². The topological polar surface area (TPSA) is 51.8 Å². The van der Waals surface area contributed by atoms with E-state index in [0.717, 1.165) is 61.4 Å². The van der Waals surface area contributed by atoms with E-state index >= 15 is 0 Å². The Balaban J connectivity index is 1.18. The van der Waals surface area contributed by atoms with E-state index in [4.69, 9.17) is 19.4 Å². The predicted octanol–water partition coefficient (Wildman–Crippen LogP) is 15.1. The summed E-state index contributed by atoms with van der Waals surface area (Å²) < 4.78 is 6.33. The van der Waals surface area contributed by atoms with E-state index in [1.54, 1.807) is 0 Å². The van der Waals surface area contributed by atoms with Crippen LogP contribution in [0.2, 0.25) is 0 Å². The number of allylic oxidation sites excluding steroid dienone is 9. The maximum Gasteiger partial charge on any atom is 0.164 e. The highest BCUT2D eigenvalue weighted by atomic mass is 16.3. The highest BCUT2D eigenvalue weighted by Gasteiger charge is 2.54. The van der Waals surface area contributed by atoms with Crippen LogP contribution in [0.15, 0.2) is 199 Å². The van der Waals surface area contributed by atoms with E-state index in [-0.39, 0.29) is 0 Å². The van der Waals surface area contributed by atoms with Crippen LogP contribution >= 0.6 is 0 Å². The lowest BCUT2D eigenvalue weighted by Gasteiger charge is -2.32. The van der Waals surface area contributed by atoms with Gasteiger partial charge in [0.15, 0.2) is 17.5 Å². The molecule has 2 aliphatic rings. The lowest BCUT2D eigenvalue weighted by molar-refractivity contribution is 0.669. The molecule has 0 saturated carbocycles. The lowest BCUT2D eigenvalue weighted by atomic mass is 9.68. The van der Waals surface area contributed by atoms with Crippen molar-refractivity contribution in [3.8, 4) is 45.0 Å². The van der Waals surface area contributed by atoms with E-state index in [0.29, 0.717) is 17.5 Å². The molecule has 7 aromatic carbocycles. The molecule has 2 heterocycles. The molecule has 62 heavy (non-hydrogen) atoms. The normalized spacial score (nSPS) is 15.4. The number of fused-ring (bicyclic) bond motifs is 11. The molecule has 0 N–H and O–H groups in total. The summed E-state index contributed by atoms with van der Waals surface area (Å²) in [5, 5.41) is 4.21. The SMILES string of the molecule is C=C/C=C1\C(=C/C)C2(c3ccccc3-c3ccccc32)c2c1cccc2-c1ccc(-c2nc(C(/C=C\C)=C/CC)nc(-c3cccc4oc5ccccc5c34)n2)c2ccccc12. The molecular formula is C58H43N3O. The predicted molar refractivity (Wildman–Crippen MR) is 258 cm³/mol. The Morgan fingerprint density at radius 1 is 0.581 bits per heavy atom. The first-order valence-electron chi connectivity index (χ1n) is 21.5. The minimum atomic E-state index is -0.520. The van der Waals surface area contributed by atoms with Gasteiger partial charge in [0.05, 0.1) is 5.41 Å². The lowest BCUT2D eigenvalue weighted by Crippen LogP contribution is -2.26. The molecule has 2 aromatic heterocycles. The molecule has 9 aromatic rings. The largest absolute Gasteiger partial charge is 0.456 e. The number of aromatic nitrogens is 3. The molecule has 0 bridgehead atoms. The summed E-state index contributed by atoms with van der Waals surface area (Å²) in [6, 6.07) is 52.2. The maximum absolute atomic E-state index is 6.33. The Labute approximate surface area is 361 Å². The molecule has 0 atom stereocenters. The van der Waals surface area contributed by atoms with Crippen molar-refractivity contribution in [2.75, 3.05) is 0 Å². The number of benzene rings is 7. The summed E-state index contributed by atoms with van der Waals surface area (Å²) >= 11 is 0. The average molecular weight is 798 g/mol. The van der Waals surface area contributed by atoms with Crippen LogP contribution in [0, 0.1) is 0 Å². The van der Waals surface area contributed by atoms with Crippen molar-refractivity contribution in [1.29, 1.82) is 0 Å². The van der Waals surface area contributed by atoms with Crippen LogP contribution in [0.25, 0.3) is 88.9 Å². The van der Waals surface area contributed by atoms with Gasteiger partial charge >= 0.3 is 0 Å². The van der Waals surface area contributed by atoms with Gasteiger partial charge in [0.1, 0.15) is 11.2 Å². The highest BCUT2D eigenvalue weighted by Crippen LogP contribution is 2.65. The number of hydrogen-bond donors (Lipinski definition) is 0. The summed E-state index contributed by atoms with van der Waals surface area (Å²) in [7, 11) is 0. The number of nitrogens with zero attached hydrogens (tertiary/aromatic N) is 3. The van der Waals surface area contributed by atoms with Crippen molar-refractivity contribution in [2.45, 2.75) is 32.6 Å². The second kappa shape index (κ2) is 14.8. The standard InChI is InChI=1S/C58H43N3O/c1-5-19-36(20-6-2)55-59-56(61-57(60-55)47-29-18-33-52-53(47)46-26-13-16-32-51(46)62-52)45-35-34-39(37-22-9-10-23-38(37)45)43-27-17-28-44-40(21-7-3)48(8-4)58(54(43)44)49-30-14-11-24-41(49)42-25-12-15-31-50(42)58/h5,7-35H,3,6H2,1-2,4H3/b19-5-,36-20+,40-21-,48-8+. The van der Waals surface area contributed by atoms with Crippen molar-refractivity contribution < 1.29 is 4.42 Å². The van der Waals surface area contributed by atoms with Gasteiger partial charge in [0.2, 0.25) is 0 Å². The quantitative estimate of drug-likeness (QED) is 0.151. The molecule has 0 radical (unpaired) electrons. The Morgan fingerprint density at radius 3 is 1.87 bits per heavy atom. The van der Waals surface area contributed by atoms with Crippen molar-refractivity contribution in [2.24, 2.45) is 0 Å². The third kappa shape index (κ3) is 5.36. The van der Waals surface area contributed by atoms with Crippen LogP contribution in [0.1, 0.15) is 55.3 Å². The van der Waals surface area contributed by atoms with Gasteiger partial charge in [-0.25, -0.2) is 15.0 Å². The van der Waals surface area contributed by atoms with Crippen molar-refractivity contribution >= 4 is 43.9 Å². The maximum atomic E-state index is 6.33. The second-order valence-electron chi connectivity index (χ2n) is 15.9. The molecule has 296 valence electrons. The molecule has 0 unspecified atom stereocenters. The fourth-order valence-corrected chi connectivity index (χ4v) is 10.4. The van der Waals surface area contributed by atoms with E-state index < -0.39 is 5.41 Å². The summed E-state index contributed by atoms with van der Waals surface area (Å²) in [6.07, 6.45) is 13.6. The summed E-state index contributed by atoms with van der Waals surface area (Å²) in [4.78, 5) is 15.8. The first-order valence-corrected chi connectivity index (χ1v) is 21.5. The van der Waals surface area contributed by atoms with Crippen molar-refractivity contribution in [1.82, 2.24) is 15.0 Å².